The molecule has 5 aromatic rings. The van der Waals surface area contributed by atoms with E-state index in [4.69, 9.17) is 21.3 Å². The first-order valence-corrected chi connectivity index (χ1v) is 9.19. The Hall–Kier alpha value is -3.18. The lowest BCUT2D eigenvalue weighted by Gasteiger charge is -2.04. The molecule has 0 spiro atoms. The van der Waals surface area contributed by atoms with Gasteiger partial charge in [-0.2, -0.15) is 0 Å². The van der Waals surface area contributed by atoms with Gasteiger partial charge in [0.15, 0.2) is 0 Å². The normalized spacial score (nSPS) is 11.4. The molecule has 0 radical (unpaired) electrons. The van der Waals surface area contributed by atoms with Gasteiger partial charge in [0.05, 0.1) is 27.9 Å². The van der Waals surface area contributed by atoms with E-state index in [9.17, 15) is 0 Å². The van der Waals surface area contributed by atoms with E-state index in [-0.39, 0.29) is 0 Å². The summed E-state index contributed by atoms with van der Waals surface area (Å²) in [4.78, 5) is 17.4. The van der Waals surface area contributed by atoms with Crippen LogP contribution in [0, 0.1) is 0 Å². The van der Waals surface area contributed by atoms with Crippen LogP contribution in [0.5, 0.6) is 5.75 Å². The van der Waals surface area contributed by atoms with E-state index in [2.05, 4.69) is 15.0 Å². The van der Waals surface area contributed by atoms with Crippen molar-refractivity contribution in [1.82, 2.24) is 19.9 Å². The highest BCUT2D eigenvalue weighted by Crippen LogP contribution is 2.33. The number of H-pyrrole nitrogens is 1. The summed E-state index contributed by atoms with van der Waals surface area (Å²) in [6.45, 7) is 0.490. The topological polar surface area (TPSA) is 63.7 Å². The minimum Gasteiger partial charge on any atom is -0.492 e. The molecule has 0 amide bonds. The van der Waals surface area contributed by atoms with Crippen LogP contribution in [0.15, 0.2) is 60.9 Å². The third kappa shape index (κ3) is 2.67. The van der Waals surface area contributed by atoms with E-state index >= 15 is 0 Å². The van der Waals surface area contributed by atoms with Crippen molar-refractivity contribution >= 4 is 44.4 Å². The van der Waals surface area contributed by atoms with Gasteiger partial charge in [-0.15, -0.1) is 11.6 Å². The molecule has 3 aromatic heterocycles. The summed E-state index contributed by atoms with van der Waals surface area (Å²) in [6.07, 6.45) is 3.58. The average molecular weight is 375 g/mol. The highest BCUT2D eigenvalue weighted by Gasteiger charge is 2.14. The number of imidazole rings is 1. The van der Waals surface area contributed by atoms with Crippen molar-refractivity contribution in [2.24, 2.45) is 0 Å². The molecule has 27 heavy (non-hydrogen) atoms. The predicted octanol–water partition coefficient (Wildman–Crippen LogP) is 4.94. The second kappa shape index (κ2) is 6.52. The maximum absolute atomic E-state index is 5.67. The zero-order chi connectivity index (χ0) is 18.2. The fraction of sp³-hybridized carbons (Fsp3) is 0.0952. The fourth-order valence-electron chi connectivity index (χ4n) is 3.35. The quantitative estimate of drug-likeness (QED) is 0.357. The van der Waals surface area contributed by atoms with Crippen molar-refractivity contribution in [1.29, 1.82) is 0 Å². The molecule has 0 saturated heterocycles. The SMILES string of the molecule is ClCCOc1ccc(-c2nc3c4cccnc4c4ncccc4c3[nH]2)cc1. The van der Waals surface area contributed by atoms with Gasteiger partial charge in [-0.3, -0.25) is 9.97 Å². The molecule has 0 aliphatic carbocycles. The second-order valence-electron chi connectivity index (χ2n) is 6.17. The predicted molar refractivity (Wildman–Crippen MR) is 108 cm³/mol. The molecule has 2 aromatic carbocycles. The van der Waals surface area contributed by atoms with E-state index in [1.165, 1.54) is 0 Å². The van der Waals surface area contributed by atoms with Gasteiger partial charge in [0.2, 0.25) is 0 Å². The molecule has 0 aliphatic heterocycles. The molecule has 5 rings (SSSR count). The number of hydrogen-bond donors (Lipinski definition) is 1. The molecule has 6 heteroatoms. The highest BCUT2D eigenvalue weighted by molar-refractivity contribution is 6.21. The van der Waals surface area contributed by atoms with E-state index in [1.54, 1.807) is 12.4 Å². The summed E-state index contributed by atoms with van der Waals surface area (Å²) in [5, 5.41) is 2.00. The van der Waals surface area contributed by atoms with Crippen molar-refractivity contribution in [3.8, 4) is 17.1 Å². The lowest BCUT2D eigenvalue weighted by atomic mass is 10.1. The van der Waals surface area contributed by atoms with Crippen LogP contribution < -0.4 is 4.74 Å². The number of nitrogens with one attached hydrogen (secondary N) is 1. The van der Waals surface area contributed by atoms with E-state index in [1.807, 2.05) is 48.5 Å². The van der Waals surface area contributed by atoms with Crippen LogP contribution in [0.25, 0.3) is 44.2 Å². The van der Waals surface area contributed by atoms with E-state index in [0.29, 0.717) is 12.5 Å². The van der Waals surface area contributed by atoms with Crippen LogP contribution in [0.4, 0.5) is 0 Å². The maximum Gasteiger partial charge on any atom is 0.138 e. The Kier molecular flexibility index (Phi) is 3.87. The number of aromatic nitrogens is 4. The van der Waals surface area contributed by atoms with Gasteiger partial charge in [-0.25, -0.2) is 4.98 Å². The van der Waals surface area contributed by atoms with Crippen LogP contribution in [-0.4, -0.2) is 32.4 Å². The molecule has 132 valence electrons. The third-order valence-corrected chi connectivity index (χ3v) is 4.70. The Labute approximate surface area is 160 Å². The first-order chi connectivity index (χ1) is 13.3. The van der Waals surface area contributed by atoms with E-state index in [0.717, 1.165) is 50.0 Å². The molecular weight excluding hydrogens is 360 g/mol. The number of halogens is 1. The molecule has 5 nitrogen and oxygen atoms in total. The molecule has 0 saturated carbocycles. The first-order valence-electron chi connectivity index (χ1n) is 8.65. The Morgan fingerprint density at radius 2 is 1.56 bits per heavy atom. The lowest BCUT2D eigenvalue weighted by molar-refractivity contribution is 0.343. The summed E-state index contributed by atoms with van der Waals surface area (Å²) < 4.78 is 5.54. The van der Waals surface area contributed by atoms with Crippen molar-refractivity contribution in [3.05, 3.63) is 60.9 Å². The zero-order valence-electron chi connectivity index (χ0n) is 14.3. The number of ether oxygens (including phenoxy) is 1. The van der Waals surface area contributed by atoms with Gasteiger partial charge in [-0.1, -0.05) is 0 Å². The number of pyridine rings is 2. The minimum absolute atomic E-state index is 0.466. The summed E-state index contributed by atoms with van der Waals surface area (Å²) in [6, 6.07) is 15.8. The Balaban J connectivity index is 1.71. The van der Waals surface area contributed by atoms with Crippen molar-refractivity contribution in [2.75, 3.05) is 12.5 Å². The first kappa shape index (κ1) is 16.0. The number of aromatic amines is 1. The molecule has 1 N–H and O–H groups in total. The van der Waals surface area contributed by atoms with Crippen LogP contribution in [-0.2, 0) is 0 Å². The Morgan fingerprint density at radius 1 is 0.852 bits per heavy atom. The summed E-state index contributed by atoms with van der Waals surface area (Å²) >= 11 is 5.67. The fourth-order valence-corrected chi connectivity index (χ4v) is 3.42. The van der Waals surface area contributed by atoms with Gasteiger partial charge in [0.25, 0.3) is 0 Å². The number of fused-ring (bicyclic) bond motifs is 6. The number of alkyl halides is 1. The Morgan fingerprint density at radius 3 is 2.30 bits per heavy atom. The van der Waals surface area contributed by atoms with Gasteiger partial charge in [0, 0.05) is 28.7 Å². The van der Waals surface area contributed by atoms with Crippen molar-refractivity contribution in [2.45, 2.75) is 0 Å². The number of rotatable bonds is 4. The summed E-state index contributed by atoms with van der Waals surface area (Å²) in [7, 11) is 0. The smallest absolute Gasteiger partial charge is 0.138 e. The number of hydrogen-bond acceptors (Lipinski definition) is 4. The molecular formula is C21H15ClN4O. The monoisotopic (exact) mass is 374 g/mol. The van der Waals surface area contributed by atoms with E-state index < -0.39 is 0 Å². The minimum atomic E-state index is 0.466. The maximum atomic E-state index is 5.67. The number of nitrogens with zero attached hydrogens (tertiary/aromatic N) is 3. The van der Waals surface area contributed by atoms with Crippen LogP contribution >= 0.6 is 11.6 Å². The molecule has 0 aliphatic rings. The van der Waals surface area contributed by atoms with Crippen LogP contribution in [0.2, 0.25) is 0 Å². The van der Waals surface area contributed by atoms with Crippen LogP contribution in [0.1, 0.15) is 0 Å². The van der Waals surface area contributed by atoms with Gasteiger partial charge in [0.1, 0.15) is 18.2 Å². The van der Waals surface area contributed by atoms with Gasteiger partial charge in [-0.05, 0) is 48.5 Å². The summed E-state index contributed by atoms with van der Waals surface area (Å²) in [5.41, 5.74) is 4.59. The molecule has 0 unspecified atom stereocenters. The van der Waals surface area contributed by atoms with Gasteiger partial charge >= 0.3 is 0 Å². The standard InChI is InChI=1S/C21H15ClN4O/c22-9-12-27-14-7-5-13(6-8-14)21-25-19-15-3-1-10-23-17(15)18-16(20(19)26-21)4-2-11-24-18/h1-8,10-11H,9,12H2,(H,25,26). The van der Waals surface area contributed by atoms with Crippen molar-refractivity contribution in [3.63, 3.8) is 0 Å². The third-order valence-electron chi connectivity index (χ3n) is 4.54. The summed E-state index contributed by atoms with van der Waals surface area (Å²) in [5.74, 6) is 2.06. The largest absolute Gasteiger partial charge is 0.492 e. The average Bonchev–Trinajstić information content (AvgIpc) is 3.19. The molecule has 3 heterocycles. The Bertz CT molecular complexity index is 1190. The molecule has 0 bridgehead atoms. The van der Waals surface area contributed by atoms with Crippen molar-refractivity contribution < 1.29 is 4.74 Å². The molecule has 0 atom stereocenters. The van der Waals surface area contributed by atoms with Gasteiger partial charge < -0.3 is 9.72 Å². The zero-order valence-corrected chi connectivity index (χ0v) is 15.1. The lowest BCUT2D eigenvalue weighted by Crippen LogP contribution is -1.97. The van der Waals surface area contributed by atoms with Crippen LogP contribution in [0.3, 0.4) is 0 Å². The highest BCUT2D eigenvalue weighted by atomic mass is 35.5. The second-order valence-corrected chi connectivity index (χ2v) is 6.55. The molecule has 0 fully saturated rings. The number of benzene rings is 2.